The Morgan fingerprint density at radius 2 is 1.97 bits per heavy atom. The number of hydrogen-bond acceptors (Lipinski definition) is 4. The van der Waals surface area contributed by atoms with Crippen LogP contribution >= 0.6 is 0 Å². The number of amides is 1. The number of ketones is 1. The third kappa shape index (κ3) is 4.14. The number of benzene rings is 1. The number of anilines is 1. The highest BCUT2D eigenvalue weighted by Gasteiger charge is 2.35. The molecule has 4 rings (SSSR count). The van der Waals surface area contributed by atoms with E-state index in [1.165, 1.54) is 30.0 Å². The van der Waals surface area contributed by atoms with E-state index in [0.717, 1.165) is 6.07 Å². The molecule has 2 N–H and O–H groups in total. The number of hydrogen-bond donors (Lipinski definition) is 1. The molecule has 1 aliphatic rings. The molecule has 0 bridgehead atoms. The van der Waals surface area contributed by atoms with Crippen LogP contribution in [0.2, 0.25) is 0 Å². The van der Waals surface area contributed by atoms with Crippen molar-refractivity contribution in [2.75, 3.05) is 18.0 Å². The molecule has 0 saturated carbocycles. The van der Waals surface area contributed by atoms with Gasteiger partial charge in [0.1, 0.15) is 12.1 Å². The molecule has 7 nitrogen and oxygen atoms in total. The molecule has 1 aromatic carbocycles. The summed E-state index contributed by atoms with van der Waals surface area (Å²) in [6.07, 6.45) is -1.07. The molecule has 2 aromatic heterocycles. The summed E-state index contributed by atoms with van der Waals surface area (Å²) in [4.78, 5) is 28.8. The first-order valence-electron chi connectivity index (χ1n) is 9.93. The maximum Gasteiger partial charge on any atom is 0.419 e. The predicted octanol–water partition coefficient (Wildman–Crippen LogP) is 3.52. The number of alkyl halides is 3. The minimum atomic E-state index is -4.84. The van der Waals surface area contributed by atoms with Crippen molar-refractivity contribution in [3.05, 3.63) is 59.3 Å². The second kappa shape index (κ2) is 8.21. The second-order valence-electron chi connectivity index (χ2n) is 7.60. The van der Waals surface area contributed by atoms with E-state index in [-0.39, 0.29) is 11.1 Å². The average molecular weight is 450 g/mol. The van der Waals surface area contributed by atoms with Crippen LogP contribution in [0, 0.1) is 5.82 Å². The van der Waals surface area contributed by atoms with E-state index in [4.69, 9.17) is 0 Å². The quantitative estimate of drug-likeness (QED) is 0.487. The Balaban J connectivity index is 1.61. The van der Waals surface area contributed by atoms with E-state index in [1.807, 2.05) is 4.90 Å². The Kier molecular flexibility index (Phi) is 5.57. The van der Waals surface area contributed by atoms with Gasteiger partial charge in [-0.2, -0.15) is 18.3 Å². The molecule has 3 aromatic rings. The molecule has 1 aliphatic heterocycles. The Hall–Kier alpha value is -3.50. The highest BCUT2D eigenvalue weighted by Crippen LogP contribution is 2.34. The zero-order valence-electron chi connectivity index (χ0n) is 17.0. The van der Waals surface area contributed by atoms with Crippen molar-refractivity contribution in [1.29, 1.82) is 0 Å². The maximum atomic E-state index is 14.5. The van der Waals surface area contributed by atoms with Crippen molar-refractivity contribution in [2.24, 2.45) is 0 Å². The molecule has 1 saturated heterocycles. The SMILES string of the molecule is C[C@@H](NC(=O)c1cc(N2CCC(=[OH+])CC2)c2ncnn2c1)c1cccc(C(F)(F)F)c1F. The van der Waals surface area contributed by atoms with Crippen molar-refractivity contribution >= 4 is 23.0 Å². The third-order valence-electron chi connectivity index (χ3n) is 5.45. The molecular formula is C21H20F4N5O2+. The number of carbonyl (C=O) groups is 1. The third-order valence-corrected chi connectivity index (χ3v) is 5.45. The first-order chi connectivity index (χ1) is 15.1. The predicted molar refractivity (Wildman–Crippen MR) is 109 cm³/mol. The van der Waals surface area contributed by atoms with Gasteiger partial charge in [-0.05, 0) is 19.1 Å². The van der Waals surface area contributed by atoms with Gasteiger partial charge in [-0.25, -0.2) is 13.9 Å². The number of nitrogens with one attached hydrogen (secondary N) is 1. The molecule has 32 heavy (non-hydrogen) atoms. The Bertz CT molecular complexity index is 1180. The van der Waals surface area contributed by atoms with E-state index in [1.54, 1.807) is 6.07 Å². The van der Waals surface area contributed by atoms with Crippen LogP contribution in [0.5, 0.6) is 0 Å². The number of halogens is 4. The summed E-state index contributed by atoms with van der Waals surface area (Å²) in [5.41, 5.74) is -0.290. The van der Waals surface area contributed by atoms with Crippen LogP contribution in [-0.2, 0) is 6.18 Å². The normalized spacial score (nSPS) is 15.8. The van der Waals surface area contributed by atoms with E-state index in [0.29, 0.717) is 49.1 Å². The van der Waals surface area contributed by atoms with Gasteiger partial charge < -0.3 is 10.2 Å². The van der Waals surface area contributed by atoms with Gasteiger partial charge in [0.2, 0.25) is 0 Å². The van der Waals surface area contributed by atoms with Gasteiger partial charge in [0, 0.05) is 24.8 Å². The van der Waals surface area contributed by atoms with E-state index in [9.17, 15) is 27.2 Å². The fraction of sp³-hybridized carbons (Fsp3) is 0.333. The lowest BCUT2D eigenvalue weighted by Gasteiger charge is -2.27. The first-order valence-corrected chi connectivity index (χ1v) is 9.93. The van der Waals surface area contributed by atoms with Gasteiger partial charge in [-0.3, -0.25) is 9.59 Å². The molecule has 1 fully saturated rings. The van der Waals surface area contributed by atoms with E-state index >= 15 is 0 Å². The van der Waals surface area contributed by atoms with Gasteiger partial charge in [-0.15, -0.1) is 0 Å². The van der Waals surface area contributed by atoms with Gasteiger partial charge in [-0.1, -0.05) is 12.1 Å². The summed E-state index contributed by atoms with van der Waals surface area (Å²) in [6, 6.07) is 3.56. The fourth-order valence-electron chi connectivity index (χ4n) is 3.73. The van der Waals surface area contributed by atoms with Gasteiger partial charge in [0.15, 0.2) is 5.65 Å². The maximum absolute atomic E-state index is 14.5. The smallest absolute Gasteiger partial charge is 0.367 e. The molecule has 0 unspecified atom stereocenters. The van der Waals surface area contributed by atoms with E-state index < -0.39 is 29.5 Å². The minimum Gasteiger partial charge on any atom is -0.367 e. The monoisotopic (exact) mass is 450 g/mol. The standard InChI is InChI=1S/C21H19F4N5O2/c1-12(15-3-2-4-16(18(15)22)21(23,24)25)28-20(32)13-9-17(19-26-11-27-30(19)10-13)29-7-5-14(31)6-8-29/h2-4,9-12H,5-8H2,1H3,(H,28,32)/p+1/t12-/m1/s1. The Morgan fingerprint density at radius 1 is 1.25 bits per heavy atom. The van der Waals surface area contributed by atoms with Crippen molar-refractivity contribution in [3.63, 3.8) is 0 Å². The van der Waals surface area contributed by atoms with Crippen LogP contribution in [0.15, 0.2) is 36.8 Å². The Labute approximate surface area is 180 Å². The molecule has 0 spiro atoms. The number of pyridine rings is 1. The summed E-state index contributed by atoms with van der Waals surface area (Å²) >= 11 is 0. The van der Waals surface area contributed by atoms with Crippen LogP contribution in [0.1, 0.15) is 47.3 Å². The lowest BCUT2D eigenvalue weighted by Crippen LogP contribution is -2.34. The molecule has 1 atom stereocenters. The van der Waals surface area contributed by atoms with Gasteiger partial charge >= 0.3 is 6.18 Å². The van der Waals surface area contributed by atoms with Gasteiger partial charge in [0.05, 0.1) is 35.7 Å². The summed E-state index contributed by atoms with van der Waals surface area (Å²) in [5, 5.41) is 6.64. The number of carbonyl (C=O) groups excluding carboxylic acids is 2. The molecule has 3 heterocycles. The largest absolute Gasteiger partial charge is 0.419 e. The van der Waals surface area contributed by atoms with E-state index in [2.05, 4.69) is 15.4 Å². The van der Waals surface area contributed by atoms with Crippen molar-refractivity contribution in [2.45, 2.75) is 32.0 Å². The average Bonchev–Trinajstić information content (AvgIpc) is 3.21. The number of rotatable bonds is 4. The number of fused-ring (bicyclic) bond motifs is 1. The fourth-order valence-corrected chi connectivity index (χ4v) is 3.73. The molecule has 11 heteroatoms. The lowest BCUT2D eigenvalue weighted by atomic mass is 10.0. The Morgan fingerprint density at radius 3 is 2.66 bits per heavy atom. The van der Waals surface area contributed by atoms with Crippen LogP contribution in [0.4, 0.5) is 23.2 Å². The molecule has 168 valence electrons. The van der Waals surface area contributed by atoms with Crippen molar-refractivity contribution < 1.29 is 27.2 Å². The van der Waals surface area contributed by atoms with Crippen LogP contribution in [0.3, 0.4) is 0 Å². The molecule has 0 aliphatic carbocycles. The molecule has 1 amide bonds. The van der Waals surface area contributed by atoms with Crippen LogP contribution < -0.4 is 10.2 Å². The van der Waals surface area contributed by atoms with Gasteiger partial charge in [0.25, 0.3) is 11.7 Å². The highest BCUT2D eigenvalue weighted by molar-refractivity contribution is 5.96. The van der Waals surface area contributed by atoms with Crippen molar-refractivity contribution in [1.82, 2.24) is 19.9 Å². The summed E-state index contributed by atoms with van der Waals surface area (Å²) in [7, 11) is 0. The van der Waals surface area contributed by atoms with Crippen LogP contribution in [0.25, 0.3) is 5.65 Å². The number of aromatic nitrogens is 3. The zero-order chi connectivity index (χ0) is 23.0. The van der Waals surface area contributed by atoms with Crippen LogP contribution in [-0.4, -0.2) is 44.2 Å². The first kappa shape index (κ1) is 21.7. The van der Waals surface area contributed by atoms with Crippen molar-refractivity contribution in [3.8, 4) is 0 Å². The topological polar surface area (TPSA) is 83.9 Å². The number of nitrogens with zero attached hydrogens (tertiary/aromatic N) is 4. The number of piperidine rings is 1. The lowest BCUT2D eigenvalue weighted by molar-refractivity contribution is -0.140. The molecular weight excluding hydrogens is 430 g/mol. The second-order valence-corrected chi connectivity index (χ2v) is 7.60. The minimum absolute atomic E-state index is 0.191. The molecule has 0 radical (unpaired) electrons. The summed E-state index contributed by atoms with van der Waals surface area (Å²) < 4.78 is 54.9. The summed E-state index contributed by atoms with van der Waals surface area (Å²) in [5.74, 6) is -1.60. The highest BCUT2D eigenvalue weighted by atomic mass is 19.4. The zero-order valence-corrected chi connectivity index (χ0v) is 17.0. The summed E-state index contributed by atoms with van der Waals surface area (Å²) in [6.45, 7) is 2.48.